The standard InChI is InChI=1S/C20H22N4O3/c1-2-4-14-6-8-17(9-7-14)24-13-16(11-18(24)25)20(27)23-22-19(26)15-5-3-10-21-12-15/h3,5-10,12,16H,2,4,11,13H2,1H3,(H,22,26)(H,23,27)/t16-/m1/s1. The van der Waals surface area contributed by atoms with Crippen LogP contribution >= 0.6 is 0 Å². The maximum atomic E-state index is 12.3. The van der Waals surface area contributed by atoms with Crippen molar-refractivity contribution in [3.63, 3.8) is 0 Å². The van der Waals surface area contributed by atoms with Crippen LogP contribution in [0.5, 0.6) is 0 Å². The summed E-state index contributed by atoms with van der Waals surface area (Å²) in [5.41, 5.74) is 7.11. The second-order valence-corrected chi connectivity index (χ2v) is 6.51. The number of anilines is 1. The molecule has 2 N–H and O–H groups in total. The highest BCUT2D eigenvalue weighted by Gasteiger charge is 2.35. The van der Waals surface area contributed by atoms with Gasteiger partial charge in [-0.1, -0.05) is 25.5 Å². The summed E-state index contributed by atoms with van der Waals surface area (Å²) in [5.74, 6) is -1.45. The van der Waals surface area contributed by atoms with E-state index >= 15 is 0 Å². The lowest BCUT2D eigenvalue weighted by Crippen LogP contribution is -2.45. The van der Waals surface area contributed by atoms with Crippen LogP contribution in [-0.4, -0.2) is 29.3 Å². The van der Waals surface area contributed by atoms with Crippen LogP contribution in [0.4, 0.5) is 5.69 Å². The summed E-state index contributed by atoms with van der Waals surface area (Å²) < 4.78 is 0. The number of nitrogens with one attached hydrogen (secondary N) is 2. The van der Waals surface area contributed by atoms with Gasteiger partial charge in [-0.05, 0) is 36.2 Å². The van der Waals surface area contributed by atoms with Gasteiger partial charge in [0.05, 0.1) is 11.5 Å². The molecule has 1 aliphatic rings. The molecule has 3 amide bonds. The lowest BCUT2D eigenvalue weighted by molar-refractivity contribution is -0.126. The van der Waals surface area contributed by atoms with Crippen LogP contribution in [0.1, 0.15) is 35.7 Å². The van der Waals surface area contributed by atoms with Gasteiger partial charge in [-0.2, -0.15) is 0 Å². The minimum absolute atomic E-state index is 0.100. The van der Waals surface area contributed by atoms with E-state index in [0.29, 0.717) is 12.1 Å². The van der Waals surface area contributed by atoms with Crippen molar-refractivity contribution < 1.29 is 14.4 Å². The fourth-order valence-electron chi connectivity index (χ4n) is 3.05. The highest BCUT2D eigenvalue weighted by molar-refractivity contribution is 6.01. The molecular weight excluding hydrogens is 344 g/mol. The Hall–Kier alpha value is -3.22. The smallest absolute Gasteiger partial charge is 0.271 e. The fraction of sp³-hybridized carbons (Fsp3) is 0.300. The van der Waals surface area contributed by atoms with E-state index in [2.05, 4.69) is 22.8 Å². The van der Waals surface area contributed by atoms with Crippen molar-refractivity contribution in [2.45, 2.75) is 26.2 Å². The molecule has 27 heavy (non-hydrogen) atoms. The maximum Gasteiger partial charge on any atom is 0.271 e. The third kappa shape index (κ3) is 4.49. The molecule has 2 aromatic rings. The monoisotopic (exact) mass is 366 g/mol. The Kier molecular flexibility index (Phi) is 5.80. The predicted molar refractivity (Wildman–Crippen MR) is 101 cm³/mol. The van der Waals surface area contributed by atoms with Gasteiger partial charge in [-0.15, -0.1) is 0 Å². The van der Waals surface area contributed by atoms with Crippen LogP contribution in [0.15, 0.2) is 48.8 Å². The zero-order valence-corrected chi connectivity index (χ0v) is 15.1. The first-order valence-electron chi connectivity index (χ1n) is 8.98. The first kappa shape index (κ1) is 18.6. The maximum absolute atomic E-state index is 12.3. The Morgan fingerprint density at radius 2 is 1.96 bits per heavy atom. The molecular formula is C20H22N4O3. The van der Waals surface area contributed by atoms with E-state index in [1.54, 1.807) is 23.2 Å². The normalized spacial score (nSPS) is 16.3. The minimum atomic E-state index is -0.512. The average molecular weight is 366 g/mol. The number of hydrazine groups is 1. The number of carbonyl (C=O) groups is 3. The van der Waals surface area contributed by atoms with Gasteiger partial charge in [0.15, 0.2) is 0 Å². The Balaban J connectivity index is 1.56. The molecule has 1 aromatic heterocycles. The van der Waals surface area contributed by atoms with Crippen molar-refractivity contribution >= 4 is 23.4 Å². The number of pyridine rings is 1. The lowest BCUT2D eigenvalue weighted by atomic mass is 10.1. The van der Waals surface area contributed by atoms with Gasteiger partial charge in [0, 0.05) is 31.0 Å². The molecule has 1 aromatic carbocycles. The molecule has 0 bridgehead atoms. The third-order valence-electron chi connectivity index (χ3n) is 4.51. The van der Waals surface area contributed by atoms with E-state index in [4.69, 9.17) is 0 Å². The number of hydrogen-bond donors (Lipinski definition) is 2. The molecule has 0 unspecified atom stereocenters. The van der Waals surface area contributed by atoms with Gasteiger partial charge >= 0.3 is 0 Å². The summed E-state index contributed by atoms with van der Waals surface area (Å²) in [4.78, 5) is 42.1. The number of nitrogens with zero attached hydrogens (tertiary/aromatic N) is 2. The van der Waals surface area contributed by atoms with Crippen molar-refractivity contribution in [3.8, 4) is 0 Å². The van der Waals surface area contributed by atoms with Crippen LogP contribution in [-0.2, 0) is 16.0 Å². The Bertz CT molecular complexity index is 821. The first-order chi connectivity index (χ1) is 13.1. The molecule has 7 heteroatoms. The largest absolute Gasteiger partial charge is 0.312 e. The lowest BCUT2D eigenvalue weighted by Gasteiger charge is -2.17. The van der Waals surface area contributed by atoms with E-state index in [1.165, 1.54) is 11.8 Å². The van der Waals surface area contributed by atoms with Gasteiger partial charge in [-0.25, -0.2) is 0 Å². The van der Waals surface area contributed by atoms with Crippen molar-refractivity contribution in [3.05, 3.63) is 59.9 Å². The summed E-state index contributed by atoms with van der Waals surface area (Å²) in [6, 6.07) is 11.1. The van der Waals surface area contributed by atoms with Crippen molar-refractivity contribution in [2.24, 2.45) is 5.92 Å². The Labute approximate surface area is 157 Å². The summed E-state index contributed by atoms with van der Waals surface area (Å²) >= 11 is 0. The predicted octanol–water partition coefficient (Wildman–Crippen LogP) is 1.85. The molecule has 140 valence electrons. The molecule has 1 aliphatic heterocycles. The van der Waals surface area contributed by atoms with Crippen molar-refractivity contribution in [1.82, 2.24) is 15.8 Å². The third-order valence-corrected chi connectivity index (χ3v) is 4.51. The summed E-state index contributed by atoms with van der Waals surface area (Å²) in [6.07, 6.45) is 5.14. The van der Waals surface area contributed by atoms with E-state index in [9.17, 15) is 14.4 Å². The number of benzene rings is 1. The summed E-state index contributed by atoms with van der Waals surface area (Å²) in [7, 11) is 0. The van der Waals surface area contributed by atoms with E-state index < -0.39 is 11.8 Å². The number of rotatable bonds is 5. The molecule has 0 saturated carbocycles. The zero-order chi connectivity index (χ0) is 19.2. The average Bonchev–Trinajstić information content (AvgIpc) is 3.09. The number of aryl methyl sites for hydroxylation is 1. The Morgan fingerprint density at radius 1 is 1.19 bits per heavy atom. The van der Waals surface area contributed by atoms with E-state index in [1.807, 2.05) is 24.3 Å². The molecule has 1 atom stereocenters. The minimum Gasteiger partial charge on any atom is -0.312 e. The Morgan fingerprint density at radius 3 is 2.63 bits per heavy atom. The van der Waals surface area contributed by atoms with Crippen molar-refractivity contribution in [2.75, 3.05) is 11.4 Å². The number of amides is 3. The summed E-state index contributed by atoms with van der Waals surface area (Å²) in [6.45, 7) is 2.41. The molecule has 7 nitrogen and oxygen atoms in total. The molecule has 1 fully saturated rings. The topological polar surface area (TPSA) is 91.4 Å². The molecule has 0 radical (unpaired) electrons. The van der Waals surface area contributed by atoms with Crippen LogP contribution in [0.3, 0.4) is 0 Å². The van der Waals surface area contributed by atoms with Crippen LogP contribution in [0.25, 0.3) is 0 Å². The fourth-order valence-corrected chi connectivity index (χ4v) is 3.05. The van der Waals surface area contributed by atoms with Crippen LogP contribution in [0, 0.1) is 5.92 Å². The molecule has 3 rings (SSSR count). The van der Waals surface area contributed by atoms with E-state index in [-0.39, 0.29) is 18.2 Å². The molecule has 0 spiro atoms. The molecule has 0 aliphatic carbocycles. The molecule has 1 saturated heterocycles. The second-order valence-electron chi connectivity index (χ2n) is 6.51. The number of hydrogen-bond acceptors (Lipinski definition) is 4. The van der Waals surface area contributed by atoms with Crippen LogP contribution < -0.4 is 15.8 Å². The SMILES string of the molecule is CCCc1ccc(N2C[C@H](C(=O)NNC(=O)c3cccnc3)CC2=O)cc1. The van der Waals surface area contributed by atoms with E-state index in [0.717, 1.165) is 18.5 Å². The van der Waals surface area contributed by atoms with Gasteiger partial charge in [0.25, 0.3) is 5.91 Å². The quantitative estimate of drug-likeness (QED) is 0.790. The second kappa shape index (κ2) is 8.44. The van der Waals surface area contributed by atoms with Crippen LogP contribution in [0.2, 0.25) is 0 Å². The highest BCUT2D eigenvalue weighted by atomic mass is 16.2. The van der Waals surface area contributed by atoms with Gasteiger partial charge < -0.3 is 4.90 Å². The molecule has 2 heterocycles. The highest BCUT2D eigenvalue weighted by Crippen LogP contribution is 2.25. The summed E-state index contributed by atoms with van der Waals surface area (Å²) in [5, 5.41) is 0. The van der Waals surface area contributed by atoms with Gasteiger partial charge in [-0.3, -0.25) is 30.2 Å². The van der Waals surface area contributed by atoms with Gasteiger partial charge in [0.1, 0.15) is 0 Å². The number of carbonyl (C=O) groups excluding carboxylic acids is 3. The van der Waals surface area contributed by atoms with Crippen molar-refractivity contribution in [1.29, 1.82) is 0 Å². The number of aromatic nitrogens is 1. The first-order valence-corrected chi connectivity index (χ1v) is 8.98. The van der Waals surface area contributed by atoms with Gasteiger partial charge in [0.2, 0.25) is 11.8 Å². The zero-order valence-electron chi connectivity index (χ0n) is 15.1.